The number of ether oxygens (including phenoxy) is 2. The van der Waals surface area contributed by atoms with Gasteiger partial charge in [-0.05, 0) is 152 Å². The Labute approximate surface area is 378 Å². The summed E-state index contributed by atoms with van der Waals surface area (Å²) >= 11 is 0. The highest BCUT2D eigenvalue weighted by Gasteiger charge is 2.22. The number of carbonyl (C=O) groups excluding carboxylic acids is 2. The standard InChI is InChI=1S/C29H36O3.C29H34O2/c1-2-3-8-11-23-12-14-24(15-13-23)28-21-25-16-17-27(20-26(25)22-29(28)31)32-19-10-7-5-4-6-9-18-30;1-3-5-7-8-9-11-19-31-27-18-17-25-21-28(29(30)22-26(25)20-27)24-15-13-23(14-16-24)12-10-6-4-2/h4-5,12-17,20-21,30H,2-3,6-11,18-19,22H2,1H3;3,7-8,13-18,20-21H,1,4-6,9-12,19,22H2,2H3/b5-4+;8-7+. The maximum atomic E-state index is 12.8. The molecule has 0 heterocycles. The van der Waals surface area contributed by atoms with E-state index in [1.54, 1.807) is 0 Å². The van der Waals surface area contributed by atoms with Crippen molar-refractivity contribution >= 4 is 34.9 Å². The van der Waals surface area contributed by atoms with Gasteiger partial charge >= 0.3 is 0 Å². The van der Waals surface area contributed by atoms with Gasteiger partial charge in [0.25, 0.3) is 0 Å². The lowest BCUT2D eigenvalue weighted by Crippen LogP contribution is -2.12. The molecule has 5 nitrogen and oxygen atoms in total. The number of aryl methyl sites for hydroxylation is 2. The molecule has 6 rings (SSSR count). The summed E-state index contributed by atoms with van der Waals surface area (Å²) in [6.45, 7) is 9.73. The summed E-state index contributed by atoms with van der Waals surface area (Å²) in [6, 6.07) is 29.2. The predicted molar refractivity (Wildman–Crippen MR) is 264 cm³/mol. The fourth-order valence-electron chi connectivity index (χ4n) is 7.83. The van der Waals surface area contributed by atoms with E-state index in [1.165, 1.54) is 49.7 Å². The van der Waals surface area contributed by atoms with Gasteiger partial charge in [-0.1, -0.05) is 131 Å². The Kier molecular flexibility index (Phi) is 21.2. The van der Waals surface area contributed by atoms with E-state index < -0.39 is 0 Å². The first-order chi connectivity index (χ1) is 30.9. The van der Waals surface area contributed by atoms with Crippen molar-refractivity contribution in [1.82, 2.24) is 0 Å². The zero-order valence-corrected chi connectivity index (χ0v) is 38.1. The Hall–Kier alpha value is -5.52. The van der Waals surface area contributed by atoms with E-state index in [0.717, 1.165) is 114 Å². The number of hydrogen-bond donors (Lipinski definition) is 1. The molecule has 0 amide bonds. The third kappa shape index (κ3) is 16.3. The van der Waals surface area contributed by atoms with Crippen molar-refractivity contribution in [2.24, 2.45) is 0 Å². The van der Waals surface area contributed by atoms with Crippen LogP contribution in [-0.4, -0.2) is 36.5 Å². The van der Waals surface area contributed by atoms with Gasteiger partial charge in [-0.15, -0.1) is 6.58 Å². The fourth-order valence-corrected chi connectivity index (χ4v) is 7.83. The van der Waals surface area contributed by atoms with Crippen molar-refractivity contribution in [3.05, 3.63) is 166 Å². The highest BCUT2D eigenvalue weighted by Crippen LogP contribution is 2.32. The highest BCUT2D eigenvalue weighted by molar-refractivity contribution is 6.28. The van der Waals surface area contributed by atoms with Crippen LogP contribution in [0.25, 0.3) is 23.3 Å². The molecule has 0 saturated carbocycles. The van der Waals surface area contributed by atoms with Crippen LogP contribution in [0.4, 0.5) is 0 Å². The van der Waals surface area contributed by atoms with Crippen molar-refractivity contribution in [1.29, 1.82) is 0 Å². The van der Waals surface area contributed by atoms with Crippen LogP contribution in [0.2, 0.25) is 0 Å². The van der Waals surface area contributed by atoms with E-state index in [0.29, 0.717) is 26.1 Å². The normalized spacial score (nSPS) is 13.3. The fraction of sp³-hybridized carbons (Fsp3) is 0.379. The smallest absolute Gasteiger partial charge is 0.167 e. The number of aliphatic hydroxyl groups is 1. The number of allylic oxidation sites excluding steroid dienone is 7. The molecule has 4 aromatic carbocycles. The molecule has 0 bridgehead atoms. The number of Topliss-reactive ketones (excluding diaryl/α,β-unsaturated/α-hetero) is 2. The monoisotopic (exact) mass is 847 g/mol. The first kappa shape index (κ1) is 48.5. The summed E-state index contributed by atoms with van der Waals surface area (Å²) in [7, 11) is 0. The molecule has 0 aliphatic heterocycles. The van der Waals surface area contributed by atoms with E-state index in [9.17, 15) is 9.59 Å². The van der Waals surface area contributed by atoms with Gasteiger partial charge in [0.15, 0.2) is 11.6 Å². The quantitative estimate of drug-likeness (QED) is 0.0531. The minimum absolute atomic E-state index is 0.168. The predicted octanol–water partition coefficient (Wildman–Crippen LogP) is 13.9. The lowest BCUT2D eigenvalue weighted by Gasteiger charge is -2.17. The maximum Gasteiger partial charge on any atom is 0.167 e. The van der Waals surface area contributed by atoms with Crippen LogP contribution in [0.3, 0.4) is 0 Å². The summed E-state index contributed by atoms with van der Waals surface area (Å²) in [5.41, 5.74) is 10.6. The molecular formula is C58H70O5. The van der Waals surface area contributed by atoms with Crippen LogP contribution in [0.1, 0.15) is 142 Å². The summed E-state index contributed by atoms with van der Waals surface area (Å²) < 4.78 is 11.8. The lowest BCUT2D eigenvalue weighted by molar-refractivity contribution is -0.114. The lowest BCUT2D eigenvalue weighted by atomic mass is 9.87. The average Bonchev–Trinajstić information content (AvgIpc) is 3.30. The number of ketones is 2. The van der Waals surface area contributed by atoms with Gasteiger partial charge in [0.2, 0.25) is 0 Å². The molecule has 5 heteroatoms. The molecule has 0 atom stereocenters. The van der Waals surface area contributed by atoms with Crippen molar-refractivity contribution in [2.75, 3.05) is 19.8 Å². The molecule has 0 unspecified atom stereocenters. The van der Waals surface area contributed by atoms with Crippen LogP contribution < -0.4 is 9.47 Å². The van der Waals surface area contributed by atoms with Crippen LogP contribution in [0.15, 0.2) is 122 Å². The van der Waals surface area contributed by atoms with Crippen molar-refractivity contribution in [3.63, 3.8) is 0 Å². The highest BCUT2D eigenvalue weighted by atomic mass is 16.5. The summed E-state index contributed by atoms with van der Waals surface area (Å²) in [4.78, 5) is 25.7. The Morgan fingerprint density at radius 2 is 1.00 bits per heavy atom. The molecule has 2 aliphatic rings. The number of fused-ring (bicyclic) bond motifs is 2. The van der Waals surface area contributed by atoms with Gasteiger partial charge < -0.3 is 14.6 Å². The molecule has 332 valence electrons. The van der Waals surface area contributed by atoms with Crippen molar-refractivity contribution < 1.29 is 24.2 Å². The topological polar surface area (TPSA) is 72.8 Å². The van der Waals surface area contributed by atoms with Crippen LogP contribution in [-0.2, 0) is 35.3 Å². The second-order valence-electron chi connectivity index (χ2n) is 16.7. The van der Waals surface area contributed by atoms with E-state index in [4.69, 9.17) is 14.6 Å². The first-order valence-electron chi connectivity index (χ1n) is 23.6. The molecular weight excluding hydrogens is 777 g/mol. The molecule has 1 N–H and O–H groups in total. The zero-order chi connectivity index (χ0) is 44.5. The third-order valence-corrected chi connectivity index (χ3v) is 11.5. The number of hydrogen-bond acceptors (Lipinski definition) is 5. The Morgan fingerprint density at radius 3 is 1.43 bits per heavy atom. The van der Waals surface area contributed by atoms with Gasteiger partial charge in [0, 0.05) is 30.6 Å². The molecule has 4 aromatic rings. The summed E-state index contributed by atoms with van der Waals surface area (Å²) in [5, 5.41) is 8.77. The van der Waals surface area contributed by atoms with E-state index >= 15 is 0 Å². The second-order valence-corrected chi connectivity index (χ2v) is 16.7. The van der Waals surface area contributed by atoms with E-state index in [-0.39, 0.29) is 18.2 Å². The summed E-state index contributed by atoms with van der Waals surface area (Å²) in [6.07, 6.45) is 31.6. The second kappa shape index (κ2) is 27.5. The Morgan fingerprint density at radius 1 is 0.556 bits per heavy atom. The number of carbonyl (C=O) groups is 2. The Bertz CT molecular complexity index is 2170. The number of unbranched alkanes of at least 4 members (excludes halogenated alkanes) is 7. The number of aliphatic hydroxyl groups excluding tert-OH is 1. The van der Waals surface area contributed by atoms with Crippen molar-refractivity contribution in [3.8, 4) is 11.5 Å². The molecule has 0 spiro atoms. The SMILES string of the molecule is C=CC/C=C/CCCOc1ccc2c(c1)CC(=O)C(c1ccc(CCCCC)cc1)=C2.CCCCCc1ccc(C2=Cc3ccc(OCCC/C=C/CCCO)cc3CC2=O)cc1. The van der Waals surface area contributed by atoms with Gasteiger partial charge in [0.05, 0.1) is 13.2 Å². The van der Waals surface area contributed by atoms with Gasteiger partial charge in [-0.3, -0.25) is 9.59 Å². The van der Waals surface area contributed by atoms with Crippen molar-refractivity contribution in [2.45, 2.75) is 123 Å². The molecule has 0 fully saturated rings. The van der Waals surface area contributed by atoms with Crippen LogP contribution in [0, 0.1) is 0 Å². The van der Waals surface area contributed by atoms with E-state index in [2.05, 4.69) is 105 Å². The number of benzene rings is 4. The molecule has 0 radical (unpaired) electrons. The average molecular weight is 847 g/mol. The number of rotatable bonds is 25. The molecule has 63 heavy (non-hydrogen) atoms. The third-order valence-electron chi connectivity index (χ3n) is 11.5. The van der Waals surface area contributed by atoms with Gasteiger partial charge in [-0.2, -0.15) is 0 Å². The van der Waals surface area contributed by atoms with E-state index in [1.807, 2.05) is 42.5 Å². The Balaban J connectivity index is 0.000000238. The van der Waals surface area contributed by atoms with Gasteiger partial charge in [0.1, 0.15) is 11.5 Å². The van der Waals surface area contributed by atoms with Crippen LogP contribution in [0.5, 0.6) is 11.5 Å². The molecule has 0 saturated heterocycles. The largest absolute Gasteiger partial charge is 0.494 e. The summed E-state index contributed by atoms with van der Waals surface area (Å²) in [5.74, 6) is 2.01. The minimum atomic E-state index is 0.168. The van der Waals surface area contributed by atoms with Crippen LogP contribution >= 0.6 is 0 Å². The first-order valence-corrected chi connectivity index (χ1v) is 23.6. The van der Waals surface area contributed by atoms with Gasteiger partial charge in [-0.25, -0.2) is 0 Å². The minimum Gasteiger partial charge on any atom is -0.494 e. The maximum absolute atomic E-state index is 12.8. The molecule has 2 aliphatic carbocycles. The zero-order valence-electron chi connectivity index (χ0n) is 38.1. The molecule has 0 aromatic heterocycles.